The molecule has 0 saturated heterocycles. The van der Waals surface area contributed by atoms with Crippen LogP contribution in [0.5, 0.6) is 0 Å². The van der Waals surface area contributed by atoms with Gasteiger partial charge < -0.3 is 10.4 Å². The summed E-state index contributed by atoms with van der Waals surface area (Å²) >= 11 is 5.95. The van der Waals surface area contributed by atoms with Gasteiger partial charge in [-0.2, -0.15) is 0 Å². The van der Waals surface area contributed by atoms with Crippen LogP contribution in [0, 0.1) is 0 Å². The molecule has 2 aromatic heterocycles. The van der Waals surface area contributed by atoms with Gasteiger partial charge in [-0.25, -0.2) is 4.98 Å². The predicted octanol–water partition coefficient (Wildman–Crippen LogP) is 3.24. The highest BCUT2D eigenvalue weighted by Crippen LogP contribution is 2.28. The molecule has 0 amide bonds. The van der Waals surface area contributed by atoms with Gasteiger partial charge in [0, 0.05) is 23.5 Å². The van der Waals surface area contributed by atoms with Crippen LogP contribution in [0.1, 0.15) is 33.4 Å². The van der Waals surface area contributed by atoms with Crippen molar-refractivity contribution in [1.82, 2.24) is 15.0 Å². The average Bonchev–Trinajstić information content (AvgIpc) is 2.37. The molecule has 0 aliphatic carbocycles. The maximum atomic E-state index is 9.92. The number of nitrogens with one attached hydrogen (secondary N) is 1. The maximum absolute atomic E-state index is 9.92. The van der Waals surface area contributed by atoms with Gasteiger partial charge in [0.05, 0.1) is 23.8 Å². The van der Waals surface area contributed by atoms with Crippen molar-refractivity contribution in [3.8, 4) is 11.3 Å². The Morgan fingerprint density at radius 2 is 1.86 bits per heavy atom. The molecule has 0 unspecified atom stereocenters. The van der Waals surface area contributed by atoms with Crippen molar-refractivity contribution in [2.24, 2.45) is 0 Å². The Labute approximate surface area is 129 Å². The molecular formula is C15H19ClN4O. The summed E-state index contributed by atoms with van der Waals surface area (Å²) < 4.78 is 0. The van der Waals surface area contributed by atoms with E-state index in [9.17, 15) is 5.11 Å². The lowest BCUT2D eigenvalue weighted by atomic mass is 10.1. The number of anilines is 1. The van der Waals surface area contributed by atoms with E-state index in [1.54, 1.807) is 38.5 Å². The molecule has 5 nitrogen and oxygen atoms in total. The fourth-order valence-electron chi connectivity index (χ4n) is 1.85. The van der Waals surface area contributed by atoms with Crippen molar-refractivity contribution in [3.63, 3.8) is 0 Å². The monoisotopic (exact) mass is 306 g/mol. The highest BCUT2D eigenvalue weighted by molar-refractivity contribution is 6.29. The summed E-state index contributed by atoms with van der Waals surface area (Å²) in [6.45, 7) is 7.43. The molecule has 0 spiro atoms. The third-order valence-corrected chi connectivity index (χ3v) is 3.08. The Balaban J connectivity index is 2.42. The highest BCUT2D eigenvalue weighted by atomic mass is 35.5. The quantitative estimate of drug-likeness (QED) is 0.849. The average molecular weight is 307 g/mol. The van der Waals surface area contributed by atoms with E-state index in [0.29, 0.717) is 16.5 Å². The minimum absolute atomic E-state index is 0.255. The lowest BCUT2D eigenvalue weighted by Gasteiger charge is -2.17. The van der Waals surface area contributed by atoms with E-state index >= 15 is 0 Å². The summed E-state index contributed by atoms with van der Waals surface area (Å²) in [5, 5.41) is 13.7. The molecule has 2 rings (SSSR count). The van der Waals surface area contributed by atoms with Gasteiger partial charge in [-0.05, 0) is 33.8 Å². The first-order valence-corrected chi connectivity index (χ1v) is 7.12. The summed E-state index contributed by atoms with van der Waals surface area (Å²) in [5.74, 6) is 0. The van der Waals surface area contributed by atoms with Crippen LogP contribution in [0.3, 0.4) is 0 Å². The number of rotatable bonds is 4. The van der Waals surface area contributed by atoms with Crippen molar-refractivity contribution < 1.29 is 5.11 Å². The lowest BCUT2D eigenvalue weighted by Crippen LogP contribution is -2.17. The van der Waals surface area contributed by atoms with Gasteiger partial charge >= 0.3 is 0 Å². The molecule has 0 fully saturated rings. The molecule has 112 valence electrons. The van der Waals surface area contributed by atoms with Gasteiger partial charge in [-0.3, -0.25) is 9.97 Å². The van der Waals surface area contributed by atoms with Crippen LogP contribution in [0.25, 0.3) is 11.3 Å². The molecule has 21 heavy (non-hydrogen) atoms. The van der Waals surface area contributed by atoms with Crippen molar-refractivity contribution in [2.75, 3.05) is 5.32 Å². The van der Waals surface area contributed by atoms with E-state index in [-0.39, 0.29) is 6.04 Å². The topological polar surface area (TPSA) is 70.9 Å². The Morgan fingerprint density at radius 1 is 1.14 bits per heavy atom. The fraction of sp³-hybridized carbons (Fsp3) is 0.400. The van der Waals surface area contributed by atoms with Gasteiger partial charge in [0.25, 0.3) is 0 Å². The van der Waals surface area contributed by atoms with Crippen molar-refractivity contribution in [1.29, 1.82) is 0 Å². The largest absolute Gasteiger partial charge is 0.384 e. The minimum Gasteiger partial charge on any atom is -0.384 e. The molecule has 2 heterocycles. The predicted molar refractivity (Wildman–Crippen MR) is 84.3 cm³/mol. The summed E-state index contributed by atoms with van der Waals surface area (Å²) in [6, 6.07) is 2.02. The molecule has 6 heteroatoms. The van der Waals surface area contributed by atoms with E-state index in [2.05, 4.69) is 20.3 Å². The van der Waals surface area contributed by atoms with Crippen LogP contribution < -0.4 is 5.32 Å². The van der Waals surface area contributed by atoms with Gasteiger partial charge in [0.1, 0.15) is 10.8 Å². The Morgan fingerprint density at radius 3 is 2.38 bits per heavy atom. The van der Waals surface area contributed by atoms with E-state index in [1.165, 1.54) is 0 Å². The van der Waals surface area contributed by atoms with Gasteiger partial charge in [-0.1, -0.05) is 11.6 Å². The minimum atomic E-state index is -1.01. The summed E-state index contributed by atoms with van der Waals surface area (Å²) in [4.78, 5) is 12.7. The van der Waals surface area contributed by atoms with Gasteiger partial charge in [0.15, 0.2) is 0 Å². The van der Waals surface area contributed by atoms with Crippen molar-refractivity contribution in [3.05, 3.63) is 35.5 Å². The van der Waals surface area contributed by atoms with Crippen molar-refractivity contribution in [2.45, 2.75) is 39.3 Å². The van der Waals surface area contributed by atoms with Gasteiger partial charge in [-0.15, -0.1) is 0 Å². The maximum Gasteiger partial charge on any atom is 0.131 e. The zero-order valence-corrected chi connectivity index (χ0v) is 13.3. The first kappa shape index (κ1) is 15.7. The third kappa shape index (κ3) is 3.89. The van der Waals surface area contributed by atoms with Crippen LogP contribution in [0.4, 0.5) is 5.69 Å². The van der Waals surface area contributed by atoms with Crippen LogP contribution in [-0.4, -0.2) is 26.1 Å². The van der Waals surface area contributed by atoms with Gasteiger partial charge in [0.2, 0.25) is 0 Å². The lowest BCUT2D eigenvalue weighted by molar-refractivity contribution is 0.0734. The molecular weight excluding hydrogens is 288 g/mol. The number of nitrogens with zero attached hydrogens (tertiary/aromatic N) is 3. The SMILES string of the molecule is CC(C)Nc1cc(Cl)ncc1-c1cnc(C(C)(C)O)cn1. The fourth-order valence-corrected chi connectivity index (χ4v) is 2.01. The van der Waals surface area contributed by atoms with Crippen LogP contribution in [0.15, 0.2) is 24.7 Å². The van der Waals surface area contributed by atoms with E-state index in [4.69, 9.17) is 11.6 Å². The third-order valence-electron chi connectivity index (χ3n) is 2.87. The van der Waals surface area contributed by atoms with Crippen LogP contribution >= 0.6 is 11.6 Å². The molecule has 0 radical (unpaired) electrons. The second kappa shape index (κ2) is 5.95. The first-order chi connectivity index (χ1) is 9.77. The van der Waals surface area contributed by atoms with E-state index in [0.717, 1.165) is 11.3 Å². The van der Waals surface area contributed by atoms with Crippen LogP contribution in [0.2, 0.25) is 5.15 Å². The molecule has 0 saturated carbocycles. The number of hydrogen-bond acceptors (Lipinski definition) is 5. The number of aromatic nitrogens is 3. The van der Waals surface area contributed by atoms with E-state index < -0.39 is 5.60 Å². The number of hydrogen-bond donors (Lipinski definition) is 2. The Bertz CT molecular complexity index is 621. The second-order valence-corrected chi connectivity index (χ2v) is 6.08. The smallest absolute Gasteiger partial charge is 0.131 e. The Hall–Kier alpha value is -1.72. The number of pyridine rings is 1. The zero-order valence-electron chi connectivity index (χ0n) is 12.6. The molecule has 0 aliphatic rings. The molecule has 0 atom stereocenters. The summed E-state index contributed by atoms with van der Waals surface area (Å²) in [6.07, 6.45) is 4.87. The molecule has 2 aromatic rings. The molecule has 2 N–H and O–H groups in total. The summed E-state index contributed by atoms with van der Waals surface area (Å²) in [5.41, 5.74) is 1.86. The Kier molecular flexibility index (Phi) is 4.44. The number of halogens is 1. The van der Waals surface area contributed by atoms with Crippen LogP contribution in [-0.2, 0) is 5.60 Å². The number of aliphatic hydroxyl groups is 1. The normalized spacial score (nSPS) is 11.8. The molecule has 0 bridgehead atoms. The van der Waals surface area contributed by atoms with E-state index in [1.807, 2.05) is 13.8 Å². The molecule has 0 aromatic carbocycles. The highest BCUT2D eigenvalue weighted by Gasteiger charge is 2.18. The summed E-state index contributed by atoms with van der Waals surface area (Å²) in [7, 11) is 0. The second-order valence-electron chi connectivity index (χ2n) is 5.70. The standard InChI is InChI=1S/C15H19ClN4O/c1-9(2)20-11-5-14(16)19-6-10(11)12-7-18-13(8-17-12)15(3,4)21/h5-9,21H,1-4H3,(H,19,20). The molecule has 0 aliphatic heterocycles. The zero-order chi connectivity index (χ0) is 15.6. The van der Waals surface area contributed by atoms with Crippen molar-refractivity contribution >= 4 is 17.3 Å². The first-order valence-electron chi connectivity index (χ1n) is 6.74.